The van der Waals surface area contributed by atoms with Gasteiger partial charge in [-0.15, -0.1) is 11.3 Å². The maximum Gasteiger partial charge on any atom is 0.337 e. The average Bonchev–Trinajstić information content (AvgIpc) is 2.83. The van der Waals surface area contributed by atoms with Crippen molar-refractivity contribution < 1.29 is 19.4 Å². The minimum absolute atomic E-state index is 0.0126. The van der Waals surface area contributed by atoms with Crippen LogP contribution in [0.3, 0.4) is 0 Å². The van der Waals surface area contributed by atoms with E-state index in [1.54, 1.807) is 5.38 Å². The summed E-state index contributed by atoms with van der Waals surface area (Å²) >= 11 is 1.46. The van der Waals surface area contributed by atoms with E-state index in [0.29, 0.717) is 11.4 Å². The molecule has 7 heteroatoms. The van der Waals surface area contributed by atoms with Gasteiger partial charge in [-0.1, -0.05) is 0 Å². The second-order valence-corrected chi connectivity index (χ2v) is 5.36. The van der Waals surface area contributed by atoms with Crippen LogP contribution >= 0.6 is 11.3 Å². The number of carbonyl (C=O) groups excluding carboxylic acids is 1. The number of methoxy groups -OCH3 is 1. The molecule has 1 aromatic heterocycles. The van der Waals surface area contributed by atoms with Gasteiger partial charge >= 0.3 is 5.97 Å². The molecule has 0 bridgehead atoms. The third kappa shape index (κ3) is 3.79. The van der Waals surface area contributed by atoms with Crippen LogP contribution in [-0.2, 0) is 11.2 Å². The van der Waals surface area contributed by atoms with Crippen molar-refractivity contribution >= 4 is 28.9 Å². The van der Waals surface area contributed by atoms with E-state index in [2.05, 4.69) is 10.3 Å². The quantitative estimate of drug-likeness (QED) is 0.885. The summed E-state index contributed by atoms with van der Waals surface area (Å²) in [5, 5.41) is 14.4. The van der Waals surface area contributed by atoms with Gasteiger partial charge in [0.05, 0.1) is 35.5 Å². The number of aromatic nitrogens is 1. The van der Waals surface area contributed by atoms with E-state index < -0.39 is 5.97 Å². The van der Waals surface area contributed by atoms with Gasteiger partial charge in [0, 0.05) is 11.4 Å². The van der Waals surface area contributed by atoms with Crippen molar-refractivity contribution in [1.82, 2.24) is 4.98 Å². The van der Waals surface area contributed by atoms with E-state index in [-0.39, 0.29) is 23.6 Å². The molecule has 0 saturated heterocycles. The Balaban J connectivity index is 2.17. The molecular weight excluding hydrogens is 292 g/mol. The number of aryl methyl sites for hydroxylation is 1. The Labute approximate surface area is 125 Å². The fraction of sp³-hybridized carbons (Fsp3) is 0.214. The molecule has 0 radical (unpaired) electrons. The molecule has 0 spiro atoms. The summed E-state index contributed by atoms with van der Waals surface area (Å²) in [4.78, 5) is 27.3. The molecule has 0 aliphatic carbocycles. The number of amides is 1. The second kappa shape index (κ2) is 6.36. The topological polar surface area (TPSA) is 88.5 Å². The number of ether oxygens (including phenoxy) is 1. The summed E-state index contributed by atoms with van der Waals surface area (Å²) < 4.78 is 5.04. The third-order valence-corrected chi connectivity index (χ3v) is 3.56. The lowest BCUT2D eigenvalue weighted by Gasteiger charge is -2.09. The third-order valence-electron chi connectivity index (χ3n) is 2.74. The Bertz CT molecular complexity index is 681. The number of rotatable bonds is 5. The Morgan fingerprint density at radius 2 is 2.19 bits per heavy atom. The zero-order valence-corrected chi connectivity index (χ0v) is 12.4. The highest BCUT2D eigenvalue weighted by molar-refractivity contribution is 7.09. The standard InChI is InChI=1S/C14H14N2O4S/c1-8-15-9(7-21-8)5-13(17)16-12-6-10(20-2)3-4-11(12)14(18)19/h3-4,6-7H,5H2,1-2H3,(H,16,17)(H,18,19). The first-order valence-electron chi connectivity index (χ1n) is 6.12. The minimum Gasteiger partial charge on any atom is -0.497 e. The molecule has 6 nitrogen and oxygen atoms in total. The van der Waals surface area contributed by atoms with Gasteiger partial charge in [0.25, 0.3) is 0 Å². The average molecular weight is 306 g/mol. The molecule has 0 aliphatic heterocycles. The number of nitrogens with zero attached hydrogens (tertiary/aromatic N) is 1. The SMILES string of the molecule is COc1ccc(C(=O)O)c(NC(=O)Cc2csc(C)n2)c1. The van der Waals surface area contributed by atoms with Crippen molar-refractivity contribution in [3.8, 4) is 5.75 Å². The number of anilines is 1. The normalized spacial score (nSPS) is 10.2. The fourth-order valence-electron chi connectivity index (χ4n) is 1.79. The molecule has 0 saturated carbocycles. The molecule has 21 heavy (non-hydrogen) atoms. The molecule has 2 N–H and O–H groups in total. The summed E-state index contributed by atoms with van der Waals surface area (Å²) in [6, 6.07) is 4.40. The highest BCUT2D eigenvalue weighted by Gasteiger charge is 2.14. The van der Waals surface area contributed by atoms with Crippen molar-refractivity contribution in [3.05, 3.63) is 39.8 Å². The van der Waals surface area contributed by atoms with E-state index in [0.717, 1.165) is 5.01 Å². The number of thiazole rings is 1. The van der Waals surface area contributed by atoms with Crippen LogP contribution in [0.5, 0.6) is 5.75 Å². The van der Waals surface area contributed by atoms with Crippen molar-refractivity contribution in [2.24, 2.45) is 0 Å². The first kappa shape index (κ1) is 15.0. The molecule has 110 valence electrons. The van der Waals surface area contributed by atoms with Crippen LogP contribution in [0.15, 0.2) is 23.6 Å². The zero-order valence-electron chi connectivity index (χ0n) is 11.5. The van der Waals surface area contributed by atoms with Crippen LogP contribution in [0, 0.1) is 6.92 Å². The number of benzene rings is 1. The molecule has 2 aromatic rings. The fourth-order valence-corrected chi connectivity index (χ4v) is 2.40. The van der Waals surface area contributed by atoms with Crippen LogP contribution in [0.25, 0.3) is 0 Å². The van der Waals surface area contributed by atoms with E-state index >= 15 is 0 Å². The number of nitrogens with one attached hydrogen (secondary N) is 1. The summed E-state index contributed by atoms with van der Waals surface area (Å²) in [5.41, 5.74) is 0.882. The molecule has 0 fully saturated rings. The van der Waals surface area contributed by atoms with Gasteiger partial charge in [-0.25, -0.2) is 9.78 Å². The van der Waals surface area contributed by atoms with Crippen LogP contribution in [0.1, 0.15) is 21.1 Å². The highest BCUT2D eigenvalue weighted by atomic mass is 32.1. The van der Waals surface area contributed by atoms with Crippen molar-refractivity contribution in [2.45, 2.75) is 13.3 Å². The first-order chi connectivity index (χ1) is 9.99. The van der Waals surface area contributed by atoms with Crippen LogP contribution in [-0.4, -0.2) is 29.1 Å². The van der Waals surface area contributed by atoms with E-state index in [4.69, 9.17) is 9.84 Å². The van der Waals surface area contributed by atoms with Crippen LogP contribution < -0.4 is 10.1 Å². The van der Waals surface area contributed by atoms with Crippen LogP contribution in [0.2, 0.25) is 0 Å². The second-order valence-electron chi connectivity index (χ2n) is 4.30. The Morgan fingerprint density at radius 1 is 1.43 bits per heavy atom. The summed E-state index contributed by atoms with van der Waals surface area (Å²) in [6.45, 7) is 1.86. The van der Waals surface area contributed by atoms with Crippen molar-refractivity contribution in [3.63, 3.8) is 0 Å². The van der Waals surface area contributed by atoms with Gasteiger partial charge in [-0.3, -0.25) is 4.79 Å². The Kier molecular flexibility index (Phi) is 4.54. The molecule has 0 aliphatic rings. The number of hydrogen-bond donors (Lipinski definition) is 2. The number of aromatic carboxylic acids is 1. The summed E-state index contributed by atoms with van der Waals surface area (Å²) in [5.74, 6) is -0.965. The lowest BCUT2D eigenvalue weighted by atomic mass is 10.1. The molecule has 0 atom stereocenters. The predicted molar refractivity (Wildman–Crippen MR) is 79.1 cm³/mol. The maximum absolute atomic E-state index is 12.0. The zero-order chi connectivity index (χ0) is 15.4. The van der Waals surface area contributed by atoms with Crippen molar-refractivity contribution in [1.29, 1.82) is 0 Å². The van der Waals surface area contributed by atoms with Gasteiger partial charge in [-0.05, 0) is 19.1 Å². The number of carboxylic acid groups (broad SMARTS) is 1. The minimum atomic E-state index is -1.11. The number of hydrogen-bond acceptors (Lipinski definition) is 5. The lowest BCUT2D eigenvalue weighted by molar-refractivity contribution is -0.115. The maximum atomic E-state index is 12.0. The summed E-state index contributed by atoms with van der Waals surface area (Å²) in [7, 11) is 1.47. The molecular formula is C14H14N2O4S. The van der Waals surface area contributed by atoms with Gasteiger partial charge in [0.2, 0.25) is 5.91 Å². The van der Waals surface area contributed by atoms with Gasteiger partial charge in [0.15, 0.2) is 0 Å². The van der Waals surface area contributed by atoms with E-state index in [1.807, 2.05) is 6.92 Å². The van der Waals surface area contributed by atoms with Gasteiger partial charge < -0.3 is 15.2 Å². The number of carbonyl (C=O) groups is 2. The molecule has 0 unspecified atom stereocenters. The number of carboxylic acids is 1. The lowest BCUT2D eigenvalue weighted by Crippen LogP contribution is -2.17. The monoisotopic (exact) mass is 306 g/mol. The Morgan fingerprint density at radius 3 is 2.76 bits per heavy atom. The molecule has 1 heterocycles. The van der Waals surface area contributed by atoms with Crippen molar-refractivity contribution in [2.75, 3.05) is 12.4 Å². The van der Waals surface area contributed by atoms with E-state index in [1.165, 1.54) is 36.6 Å². The summed E-state index contributed by atoms with van der Waals surface area (Å²) in [6.07, 6.45) is 0.0978. The highest BCUT2D eigenvalue weighted by Crippen LogP contribution is 2.23. The Hall–Kier alpha value is -2.41. The van der Waals surface area contributed by atoms with Gasteiger partial charge in [-0.2, -0.15) is 0 Å². The molecule has 2 rings (SSSR count). The molecule has 1 amide bonds. The smallest absolute Gasteiger partial charge is 0.337 e. The first-order valence-corrected chi connectivity index (χ1v) is 6.99. The van der Waals surface area contributed by atoms with E-state index in [9.17, 15) is 9.59 Å². The van der Waals surface area contributed by atoms with Gasteiger partial charge in [0.1, 0.15) is 5.75 Å². The largest absolute Gasteiger partial charge is 0.497 e. The predicted octanol–water partition coefficient (Wildman–Crippen LogP) is 2.34. The van der Waals surface area contributed by atoms with Crippen LogP contribution in [0.4, 0.5) is 5.69 Å². The molecule has 1 aromatic carbocycles.